The fourth-order valence-electron chi connectivity index (χ4n) is 1.71. The summed E-state index contributed by atoms with van der Waals surface area (Å²) in [6.45, 7) is 5.09. The second-order valence-electron chi connectivity index (χ2n) is 3.41. The van der Waals surface area contributed by atoms with Gasteiger partial charge in [-0.3, -0.25) is 4.68 Å². The molecule has 0 radical (unpaired) electrons. The third-order valence-electron chi connectivity index (χ3n) is 2.55. The number of anilines is 1. The van der Waals surface area contributed by atoms with Crippen LogP contribution in [0.5, 0.6) is 0 Å². The van der Waals surface area contributed by atoms with Gasteiger partial charge < -0.3 is 5.73 Å². The third kappa shape index (κ3) is 1.25. The number of benzene rings is 1. The van der Waals surface area contributed by atoms with Gasteiger partial charge >= 0.3 is 0 Å². The van der Waals surface area contributed by atoms with Crippen molar-refractivity contribution >= 4 is 16.7 Å². The highest BCUT2D eigenvalue weighted by atomic mass is 15.3. The van der Waals surface area contributed by atoms with Gasteiger partial charge in [-0.2, -0.15) is 5.10 Å². The van der Waals surface area contributed by atoms with E-state index in [4.69, 9.17) is 5.73 Å². The molecule has 0 spiro atoms. The van der Waals surface area contributed by atoms with E-state index in [-0.39, 0.29) is 0 Å². The second-order valence-corrected chi connectivity index (χ2v) is 3.41. The maximum Gasteiger partial charge on any atom is 0.153 e. The van der Waals surface area contributed by atoms with Gasteiger partial charge in [0, 0.05) is 11.9 Å². The quantitative estimate of drug-likeness (QED) is 0.787. The molecule has 0 saturated carbocycles. The fourth-order valence-corrected chi connectivity index (χ4v) is 1.71. The topological polar surface area (TPSA) is 43.8 Å². The summed E-state index contributed by atoms with van der Waals surface area (Å²) in [5.41, 5.74) is 8.28. The highest BCUT2D eigenvalue weighted by Gasteiger charge is 2.06. The molecule has 0 aliphatic rings. The van der Waals surface area contributed by atoms with Crippen LogP contribution in [0.1, 0.15) is 19.4 Å². The summed E-state index contributed by atoms with van der Waals surface area (Å²) in [4.78, 5) is 0. The van der Waals surface area contributed by atoms with E-state index in [2.05, 4.69) is 37.1 Å². The van der Waals surface area contributed by atoms with Crippen molar-refractivity contribution in [2.24, 2.45) is 0 Å². The zero-order valence-electron chi connectivity index (χ0n) is 8.62. The van der Waals surface area contributed by atoms with Crippen LogP contribution in [0.25, 0.3) is 10.9 Å². The van der Waals surface area contributed by atoms with E-state index in [0.29, 0.717) is 5.82 Å². The first kappa shape index (κ1) is 9.06. The minimum atomic E-state index is 0.629. The normalized spacial score (nSPS) is 11.0. The van der Waals surface area contributed by atoms with E-state index in [1.165, 1.54) is 5.56 Å². The zero-order valence-corrected chi connectivity index (χ0v) is 8.62. The SMILES string of the molecule is CCc1ccc2c(N)nn(CC)c2c1. The predicted molar refractivity (Wildman–Crippen MR) is 59.2 cm³/mol. The largest absolute Gasteiger partial charge is 0.382 e. The molecule has 2 aromatic rings. The van der Waals surface area contributed by atoms with Crippen LogP contribution in [-0.4, -0.2) is 9.78 Å². The molecule has 3 heteroatoms. The van der Waals surface area contributed by atoms with Crippen LogP contribution in [-0.2, 0) is 13.0 Å². The molecule has 2 N–H and O–H groups in total. The molecule has 1 heterocycles. The van der Waals surface area contributed by atoms with Gasteiger partial charge in [0.25, 0.3) is 0 Å². The monoisotopic (exact) mass is 189 g/mol. The molecule has 3 nitrogen and oxygen atoms in total. The number of aromatic nitrogens is 2. The molecule has 74 valence electrons. The number of nitrogens with zero attached hydrogens (tertiary/aromatic N) is 2. The van der Waals surface area contributed by atoms with Crippen molar-refractivity contribution in [2.75, 3.05) is 5.73 Å². The van der Waals surface area contributed by atoms with E-state index in [1.54, 1.807) is 0 Å². The standard InChI is InChI=1S/C11H15N3/c1-3-8-5-6-9-10(7-8)14(4-2)13-11(9)12/h5-7H,3-4H2,1-2H3,(H2,12,13). The Labute approximate surface area is 83.5 Å². The average molecular weight is 189 g/mol. The van der Waals surface area contributed by atoms with Gasteiger partial charge in [0.05, 0.1) is 5.52 Å². The first-order valence-corrected chi connectivity index (χ1v) is 5.01. The van der Waals surface area contributed by atoms with Crippen molar-refractivity contribution < 1.29 is 0 Å². The van der Waals surface area contributed by atoms with E-state index in [9.17, 15) is 0 Å². The molecule has 0 aliphatic heterocycles. The Morgan fingerprint density at radius 3 is 2.79 bits per heavy atom. The molecule has 1 aromatic heterocycles. The van der Waals surface area contributed by atoms with Crippen LogP contribution >= 0.6 is 0 Å². The number of aryl methyl sites for hydroxylation is 2. The van der Waals surface area contributed by atoms with Crippen LogP contribution in [0, 0.1) is 0 Å². The number of hydrogen-bond acceptors (Lipinski definition) is 2. The lowest BCUT2D eigenvalue weighted by molar-refractivity contribution is 0.687. The maximum atomic E-state index is 5.81. The van der Waals surface area contributed by atoms with Crippen molar-refractivity contribution in [3.05, 3.63) is 23.8 Å². The molecule has 0 atom stereocenters. The van der Waals surface area contributed by atoms with Crippen molar-refractivity contribution in [2.45, 2.75) is 26.8 Å². The summed E-state index contributed by atoms with van der Waals surface area (Å²) in [6, 6.07) is 6.34. The average Bonchev–Trinajstić information content (AvgIpc) is 2.55. The van der Waals surface area contributed by atoms with Crippen LogP contribution in [0.15, 0.2) is 18.2 Å². The van der Waals surface area contributed by atoms with Gasteiger partial charge in [0.1, 0.15) is 0 Å². The minimum absolute atomic E-state index is 0.629. The van der Waals surface area contributed by atoms with Crippen molar-refractivity contribution in [1.82, 2.24) is 9.78 Å². The summed E-state index contributed by atoms with van der Waals surface area (Å²) < 4.78 is 1.95. The molecule has 1 aromatic carbocycles. The summed E-state index contributed by atoms with van der Waals surface area (Å²) in [6.07, 6.45) is 1.05. The molecule has 0 unspecified atom stereocenters. The second kappa shape index (κ2) is 3.33. The van der Waals surface area contributed by atoms with Gasteiger partial charge in [-0.05, 0) is 31.0 Å². The van der Waals surface area contributed by atoms with Crippen LogP contribution in [0.2, 0.25) is 0 Å². The first-order valence-electron chi connectivity index (χ1n) is 5.01. The summed E-state index contributed by atoms with van der Waals surface area (Å²) in [7, 11) is 0. The third-order valence-corrected chi connectivity index (χ3v) is 2.55. The van der Waals surface area contributed by atoms with Crippen LogP contribution in [0.4, 0.5) is 5.82 Å². The van der Waals surface area contributed by atoms with Gasteiger partial charge in [-0.25, -0.2) is 0 Å². The lowest BCUT2D eigenvalue weighted by Gasteiger charge is -2.00. The van der Waals surface area contributed by atoms with Gasteiger partial charge in [0.15, 0.2) is 5.82 Å². The Morgan fingerprint density at radius 2 is 2.14 bits per heavy atom. The predicted octanol–water partition coefficient (Wildman–Crippen LogP) is 2.20. The number of rotatable bonds is 2. The van der Waals surface area contributed by atoms with Crippen LogP contribution < -0.4 is 5.73 Å². The van der Waals surface area contributed by atoms with Crippen molar-refractivity contribution in [3.8, 4) is 0 Å². The Bertz CT molecular complexity index is 457. The Balaban J connectivity index is 2.71. The molecule has 2 rings (SSSR count). The van der Waals surface area contributed by atoms with Crippen LogP contribution in [0.3, 0.4) is 0 Å². The van der Waals surface area contributed by atoms with E-state index in [1.807, 2.05) is 4.68 Å². The number of hydrogen-bond donors (Lipinski definition) is 1. The van der Waals surface area contributed by atoms with Crippen molar-refractivity contribution in [3.63, 3.8) is 0 Å². The van der Waals surface area contributed by atoms with E-state index in [0.717, 1.165) is 23.9 Å². The zero-order chi connectivity index (χ0) is 10.1. The first-order chi connectivity index (χ1) is 6.76. The Kier molecular flexibility index (Phi) is 2.15. The maximum absolute atomic E-state index is 5.81. The molecule has 0 aliphatic carbocycles. The molecular formula is C11H15N3. The van der Waals surface area contributed by atoms with Gasteiger partial charge in [-0.15, -0.1) is 0 Å². The summed E-state index contributed by atoms with van der Waals surface area (Å²) in [5, 5.41) is 5.34. The van der Waals surface area contributed by atoms with Crippen molar-refractivity contribution in [1.29, 1.82) is 0 Å². The summed E-state index contributed by atoms with van der Waals surface area (Å²) in [5.74, 6) is 0.629. The molecule has 0 bridgehead atoms. The lowest BCUT2D eigenvalue weighted by Crippen LogP contribution is -1.97. The number of nitrogens with two attached hydrogens (primary N) is 1. The van der Waals surface area contributed by atoms with Gasteiger partial charge in [-0.1, -0.05) is 13.0 Å². The molecule has 0 saturated heterocycles. The smallest absolute Gasteiger partial charge is 0.153 e. The van der Waals surface area contributed by atoms with Gasteiger partial charge in [0.2, 0.25) is 0 Å². The Hall–Kier alpha value is -1.51. The highest BCUT2D eigenvalue weighted by Crippen LogP contribution is 2.21. The highest BCUT2D eigenvalue weighted by molar-refractivity contribution is 5.89. The Morgan fingerprint density at radius 1 is 1.36 bits per heavy atom. The minimum Gasteiger partial charge on any atom is -0.382 e. The fraction of sp³-hybridized carbons (Fsp3) is 0.364. The lowest BCUT2D eigenvalue weighted by atomic mass is 10.1. The van der Waals surface area contributed by atoms with E-state index >= 15 is 0 Å². The molecule has 0 fully saturated rings. The number of nitrogen functional groups attached to an aromatic ring is 1. The molecule has 0 amide bonds. The molecule has 14 heavy (non-hydrogen) atoms. The number of fused-ring (bicyclic) bond motifs is 1. The van der Waals surface area contributed by atoms with E-state index < -0.39 is 0 Å². The molecular weight excluding hydrogens is 174 g/mol. The summed E-state index contributed by atoms with van der Waals surface area (Å²) >= 11 is 0.